The van der Waals surface area contributed by atoms with E-state index in [4.69, 9.17) is 9.97 Å². The average Bonchev–Trinajstić information content (AvgIpc) is 3.62. The molecule has 8 aromatic carbocycles. The summed E-state index contributed by atoms with van der Waals surface area (Å²) in [6, 6.07) is 61.7. The maximum atomic E-state index is 4.82. The predicted octanol–water partition coefficient (Wildman–Crippen LogP) is 14.1. The van der Waals surface area contributed by atoms with E-state index in [1.165, 1.54) is 86.2 Å². The van der Waals surface area contributed by atoms with Crippen LogP contribution in [0.4, 0.5) is 0 Å². The summed E-state index contributed by atoms with van der Waals surface area (Å²) >= 11 is 1.90. The van der Waals surface area contributed by atoms with E-state index < -0.39 is 0 Å². The molecular formula is C50H30N2S. The number of hydrogen-bond acceptors (Lipinski definition) is 3. The maximum absolute atomic E-state index is 4.82. The lowest BCUT2D eigenvalue weighted by Crippen LogP contribution is -1.87. The van der Waals surface area contributed by atoms with Crippen LogP contribution in [0, 0.1) is 0 Å². The second-order valence-electron chi connectivity index (χ2n) is 13.7. The molecule has 0 unspecified atom stereocenters. The van der Waals surface area contributed by atoms with E-state index in [-0.39, 0.29) is 0 Å². The molecule has 0 fully saturated rings. The molecule has 11 rings (SSSR count). The van der Waals surface area contributed by atoms with Crippen LogP contribution in [0.25, 0.3) is 108 Å². The molecule has 11 aromatic rings. The fraction of sp³-hybridized carbons (Fsp3) is 0. The van der Waals surface area contributed by atoms with E-state index in [0.29, 0.717) is 0 Å². The third-order valence-electron chi connectivity index (χ3n) is 10.7. The Morgan fingerprint density at radius 2 is 0.698 bits per heavy atom. The van der Waals surface area contributed by atoms with Gasteiger partial charge in [-0.1, -0.05) is 146 Å². The van der Waals surface area contributed by atoms with E-state index in [1.54, 1.807) is 0 Å². The highest BCUT2D eigenvalue weighted by Crippen LogP contribution is 2.45. The molecule has 0 bridgehead atoms. The Morgan fingerprint density at radius 1 is 0.321 bits per heavy atom. The van der Waals surface area contributed by atoms with Crippen molar-refractivity contribution in [3.8, 4) is 44.5 Å². The van der Waals surface area contributed by atoms with Crippen LogP contribution in [0.5, 0.6) is 0 Å². The topological polar surface area (TPSA) is 25.8 Å². The first kappa shape index (κ1) is 30.0. The predicted molar refractivity (Wildman–Crippen MR) is 227 cm³/mol. The molecule has 0 atom stereocenters. The van der Waals surface area contributed by atoms with Crippen LogP contribution >= 0.6 is 11.3 Å². The van der Waals surface area contributed by atoms with Gasteiger partial charge in [0.1, 0.15) is 0 Å². The summed E-state index contributed by atoms with van der Waals surface area (Å²) < 4.78 is 2.61. The van der Waals surface area contributed by atoms with Gasteiger partial charge in [-0.2, -0.15) is 0 Å². The Hall–Kier alpha value is -6.68. The summed E-state index contributed by atoms with van der Waals surface area (Å²) in [5.41, 5.74) is 11.8. The zero-order valence-corrected chi connectivity index (χ0v) is 29.4. The molecule has 0 radical (unpaired) electrons. The smallest absolute Gasteiger partial charge is 0.0786 e. The van der Waals surface area contributed by atoms with Crippen LogP contribution in [0.1, 0.15) is 0 Å². The summed E-state index contributed by atoms with van der Waals surface area (Å²) in [4.78, 5) is 9.64. The van der Waals surface area contributed by atoms with E-state index in [0.717, 1.165) is 21.8 Å². The Labute approximate surface area is 310 Å². The molecule has 0 aliphatic heterocycles. The molecule has 53 heavy (non-hydrogen) atoms. The van der Waals surface area contributed by atoms with Gasteiger partial charge >= 0.3 is 0 Å². The second-order valence-corrected chi connectivity index (χ2v) is 14.7. The van der Waals surface area contributed by atoms with Gasteiger partial charge in [-0.25, -0.2) is 0 Å². The van der Waals surface area contributed by atoms with Crippen LogP contribution in [-0.2, 0) is 0 Å². The summed E-state index contributed by atoms with van der Waals surface area (Å²) in [6.45, 7) is 0. The molecule has 0 N–H and O–H groups in total. The molecule has 0 amide bonds. The fourth-order valence-corrected chi connectivity index (χ4v) is 9.66. The normalized spacial score (nSPS) is 11.8. The van der Waals surface area contributed by atoms with E-state index in [9.17, 15) is 0 Å². The van der Waals surface area contributed by atoms with Crippen molar-refractivity contribution < 1.29 is 0 Å². The second kappa shape index (κ2) is 11.9. The highest BCUT2D eigenvalue weighted by atomic mass is 32.1. The highest BCUT2D eigenvalue weighted by Gasteiger charge is 2.16. The van der Waals surface area contributed by atoms with E-state index >= 15 is 0 Å². The fourth-order valence-electron chi connectivity index (χ4n) is 8.29. The molecule has 0 spiro atoms. The number of pyridine rings is 2. The molecule has 246 valence electrons. The van der Waals surface area contributed by atoms with Gasteiger partial charge in [0.2, 0.25) is 0 Å². The van der Waals surface area contributed by atoms with Crippen molar-refractivity contribution in [1.82, 2.24) is 9.97 Å². The van der Waals surface area contributed by atoms with Crippen molar-refractivity contribution >= 4 is 74.9 Å². The van der Waals surface area contributed by atoms with Crippen LogP contribution in [0.15, 0.2) is 182 Å². The molecule has 3 heteroatoms. The quantitative estimate of drug-likeness (QED) is 0.172. The number of rotatable bonds is 4. The number of hydrogen-bond donors (Lipinski definition) is 0. The molecule has 3 heterocycles. The van der Waals surface area contributed by atoms with Crippen LogP contribution in [0.3, 0.4) is 0 Å². The lowest BCUT2D eigenvalue weighted by atomic mass is 9.93. The van der Waals surface area contributed by atoms with Crippen molar-refractivity contribution in [3.05, 3.63) is 182 Å². The Kier molecular flexibility index (Phi) is 6.76. The van der Waals surface area contributed by atoms with Crippen LogP contribution < -0.4 is 0 Å². The molecular weight excluding hydrogens is 661 g/mol. The number of aromatic nitrogens is 2. The third-order valence-corrected chi connectivity index (χ3v) is 12.0. The average molecular weight is 691 g/mol. The molecule has 0 saturated carbocycles. The Balaban J connectivity index is 1.06. The van der Waals surface area contributed by atoms with Gasteiger partial charge in [-0.3, -0.25) is 9.97 Å². The lowest BCUT2D eigenvalue weighted by Gasteiger charge is -2.12. The van der Waals surface area contributed by atoms with Crippen molar-refractivity contribution in [3.63, 3.8) is 0 Å². The van der Waals surface area contributed by atoms with Gasteiger partial charge in [0, 0.05) is 54.1 Å². The zero-order chi connectivity index (χ0) is 34.9. The molecule has 0 saturated heterocycles. The number of thiophene rings is 1. The molecule has 0 aliphatic carbocycles. The highest BCUT2D eigenvalue weighted by molar-refractivity contribution is 7.26. The van der Waals surface area contributed by atoms with E-state index in [1.807, 2.05) is 35.9 Å². The zero-order valence-electron chi connectivity index (χ0n) is 28.6. The van der Waals surface area contributed by atoms with Gasteiger partial charge < -0.3 is 0 Å². The molecule has 0 aliphatic rings. The maximum Gasteiger partial charge on any atom is 0.0786 e. The van der Waals surface area contributed by atoms with Crippen molar-refractivity contribution in [2.45, 2.75) is 0 Å². The van der Waals surface area contributed by atoms with Gasteiger partial charge in [0.25, 0.3) is 0 Å². The standard InChI is InChI=1S/C50H30N2S/c1-11-35(39-17-3-9-31-23-25-33-15-7-27-51-47(33)45(31)39)29-37(13-1)41-19-5-21-43-44-22-6-20-42(50(44)53-49(41)43)38-14-2-12-36(30-38)40-18-4-10-32-24-26-34-16-8-28-52-48(34)46(32)40/h1-30H. The minimum absolute atomic E-state index is 1.04. The van der Waals surface area contributed by atoms with Crippen molar-refractivity contribution in [2.75, 3.05) is 0 Å². The minimum atomic E-state index is 1.04. The largest absolute Gasteiger partial charge is 0.256 e. The van der Waals surface area contributed by atoms with Gasteiger partial charge in [-0.15, -0.1) is 11.3 Å². The number of nitrogens with zero attached hydrogens (tertiary/aromatic N) is 2. The third kappa shape index (κ3) is 4.78. The van der Waals surface area contributed by atoms with Crippen molar-refractivity contribution in [2.24, 2.45) is 0 Å². The molecule has 3 aromatic heterocycles. The van der Waals surface area contributed by atoms with Gasteiger partial charge in [0.15, 0.2) is 0 Å². The van der Waals surface area contributed by atoms with Crippen molar-refractivity contribution in [1.29, 1.82) is 0 Å². The lowest BCUT2D eigenvalue weighted by molar-refractivity contribution is 1.43. The summed E-state index contributed by atoms with van der Waals surface area (Å²) in [7, 11) is 0. The molecule has 2 nitrogen and oxygen atoms in total. The first-order valence-electron chi connectivity index (χ1n) is 18.0. The Bertz CT molecular complexity index is 3030. The van der Waals surface area contributed by atoms with Crippen LogP contribution in [0.2, 0.25) is 0 Å². The number of benzene rings is 8. The van der Waals surface area contributed by atoms with E-state index in [2.05, 4.69) is 158 Å². The first-order chi connectivity index (χ1) is 26.3. The Morgan fingerprint density at radius 3 is 1.19 bits per heavy atom. The summed E-state index contributed by atoms with van der Waals surface area (Å²) in [6.07, 6.45) is 3.79. The van der Waals surface area contributed by atoms with Gasteiger partial charge in [0.05, 0.1) is 11.0 Å². The summed E-state index contributed by atoms with van der Waals surface area (Å²) in [5, 5.41) is 9.69. The van der Waals surface area contributed by atoms with Gasteiger partial charge in [-0.05, 0) is 79.5 Å². The monoisotopic (exact) mass is 690 g/mol. The number of fused-ring (bicyclic) bond motifs is 9. The minimum Gasteiger partial charge on any atom is -0.256 e. The first-order valence-corrected chi connectivity index (χ1v) is 18.8. The summed E-state index contributed by atoms with van der Waals surface area (Å²) in [5.74, 6) is 0. The SMILES string of the molecule is c1cc(-c2cccc3c2sc2c(-c4cccc(-c5cccc6ccc7cccnc7c56)c4)cccc23)cc(-c2cccc3ccc4cccnc4c23)c1. The van der Waals surface area contributed by atoms with Crippen LogP contribution in [-0.4, -0.2) is 9.97 Å².